The van der Waals surface area contributed by atoms with Crippen LogP contribution in [-0.4, -0.2) is 17.7 Å². The van der Waals surface area contributed by atoms with Gasteiger partial charge in [0.15, 0.2) is 0 Å². The van der Waals surface area contributed by atoms with Gasteiger partial charge in [0.2, 0.25) is 0 Å². The summed E-state index contributed by atoms with van der Waals surface area (Å²) in [5.74, 6) is 0. The van der Waals surface area contributed by atoms with Gasteiger partial charge in [-0.2, -0.15) is 0 Å². The molecule has 0 bridgehead atoms. The minimum absolute atomic E-state index is 0.474. The molecule has 0 atom stereocenters. The molecule has 42 valence electrons. The summed E-state index contributed by atoms with van der Waals surface area (Å²) in [6.07, 6.45) is 3.12. The van der Waals surface area contributed by atoms with Crippen LogP contribution >= 0.6 is 0 Å². The van der Waals surface area contributed by atoms with E-state index in [0.29, 0.717) is 5.41 Å². The predicted molar refractivity (Wildman–Crippen MR) is 39.2 cm³/mol. The van der Waals surface area contributed by atoms with Crippen LogP contribution in [0.1, 0.15) is 20.3 Å². The first-order chi connectivity index (χ1) is 3.62. The van der Waals surface area contributed by atoms with E-state index in [1.54, 1.807) is 0 Å². The summed E-state index contributed by atoms with van der Waals surface area (Å²) in [5, 5.41) is 1.24. The first-order valence-corrected chi connectivity index (χ1v) is 3.23. The number of hydrogen-bond acceptors (Lipinski definition) is 0. The second kappa shape index (κ2) is 3.38. The summed E-state index contributed by atoms with van der Waals surface area (Å²) in [6, 6.07) is 0. The van der Waals surface area contributed by atoms with E-state index in [9.17, 15) is 0 Å². The van der Waals surface area contributed by atoms with Crippen molar-refractivity contribution in [3.63, 3.8) is 0 Å². The van der Waals surface area contributed by atoms with Crippen molar-refractivity contribution < 1.29 is 0 Å². The molecule has 0 nitrogen and oxygen atoms in total. The summed E-state index contributed by atoms with van der Waals surface area (Å²) in [5.41, 5.74) is 0.474. The summed E-state index contributed by atoms with van der Waals surface area (Å²) in [7, 11) is 0. The van der Waals surface area contributed by atoms with E-state index >= 15 is 0 Å². The molecule has 8 heavy (non-hydrogen) atoms. The molecule has 0 rings (SSSR count). The molecule has 0 radical (unpaired) electrons. The van der Waals surface area contributed by atoms with Gasteiger partial charge in [-0.3, -0.25) is 0 Å². The Morgan fingerprint density at radius 2 is 2.12 bits per heavy atom. The van der Waals surface area contributed by atoms with Crippen LogP contribution in [0.5, 0.6) is 0 Å². The molecule has 0 spiro atoms. The summed E-state index contributed by atoms with van der Waals surface area (Å²) < 4.78 is 0. The van der Waals surface area contributed by atoms with Gasteiger partial charge < -0.3 is 0 Å². The summed E-state index contributed by atoms with van der Waals surface area (Å²) in [6.45, 7) is 8.21. The van der Waals surface area contributed by atoms with Crippen molar-refractivity contribution in [2.45, 2.75) is 25.4 Å². The second-order valence-corrected chi connectivity index (χ2v) is 3.01. The van der Waals surface area contributed by atoms with Crippen LogP contribution in [-0.2, 0) is 0 Å². The quantitative estimate of drug-likeness (QED) is 0.380. The van der Waals surface area contributed by atoms with E-state index in [2.05, 4.69) is 38.1 Å². The van der Waals surface area contributed by atoms with Gasteiger partial charge in [-0.05, 0) is 0 Å². The first kappa shape index (κ1) is 8.34. The van der Waals surface area contributed by atoms with E-state index < -0.39 is 0 Å². The fourth-order valence-corrected chi connectivity index (χ4v) is 0.535. The molecule has 0 aliphatic heterocycles. The molecule has 0 saturated carbocycles. The first-order valence-electron chi connectivity index (χ1n) is 3.23. The average Bonchev–Trinajstić information content (AvgIpc) is 1.67. The van der Waals surface area contributed by atoms with Crippen molar-refractivity contribution in [2.75, 3.05) is 0 Å². The van der Waals surface area contributed by atoms with Gasteiger partial charge in [0.25, 0.3) is 0 Å². The molecular formula is C7H13Li. The SMILES string of the molecule is [Li][CH2]C(C)(C)CC=C. The van der Waals surface area contributed by atoms with Gasteiger partial charge in [-0.25, -0.2) is 0 Å². The molecule has 0 aromatic rings. The van der Waals surface area contributed by atoms with Crippen molar-refractivity contribution in [1.29, 1.82) is 0 Å². The van der Waals surface area contributed by atoms with Crippen LogP contribution in [0.2, 0.25) is 5.09 Å². The molecule has 0 aromatic heterocycles. The Balaban J connectivity index is 3.53. The predicted octanol–water partition coefficient (Wildman–Crippen LogP) is 2.18. The Kier molecular flexibility index (Phi) is 3.52. The van der Waals surface area contributed by atoms with Gasteiger partial charge in [-0.1, -0.05) is 0 Å². The molecule has 0 aliphatic carbocycles. The number of rotatable bonds is 3. The fourth-order valence-electron chi connectivity index (χ4n) is 0.535. The van der Waals surface area contributed by atoms with Crippen molar-refractivity contribution >= 4 is 17.7 Å². The molecule has 0 unspecified atom stereocenters. The van der Waals surface area contributed by atoms with Crippen LogP contribution in [0.15, 0.2) is 12.7 Å². The van der Waals surface area contributed by atoms with Crippen LogP contribution in [0.3, 0.4) is 0 Å². The summed E-state index contributed by atoms with van der Waals surface area (Å²) >= 11 is 2.21. The number of hydrogen-bond donors (Lipinski definition) is 0. The zero-order valence-corrected chi connectivity index (χ0v) is 6.20. The van der Waals surface area contributed by atoms with E-state index in [0.717, 1.165) is 6.42 Å². The average molecular weight is 104 g/mol. The van der Waals surface area contributed by atoms with Crippen LogP contribution in [0, 0.1) is 5.41 Å². The van der Waals surface area contributed by atoms with E-state index in [4.69, 9.17) is 0 Å². The summed E-state index contributed by atoms with van der Waals surface area (Å²) in [4.78, 5) is 0. The minimum atomic E-state index is 0.474. The van der Waals surface area contributed by atoms with Crippen molar-refractivity contribution in [3.05, 3.63) is 12.7 Å². The third-order valence-electron chi connectivity index (χ3n) is 1.65. The van der Waals surface area contributed by atoms with Gasteiger partial charge >= 0.3 is 61.1 Å². The Morgan fingerprint density at radius 3 is 2.25 bits per heavy atom. The topological polar surface area (TPSA) is 0 Å². The normalized spacial score (nSPS) is 11.5. The maximum atomic E-state index is 3.69. The Morgan fingerprint density at radius 1 is 1.62 bits per heavy atom. The van der Waals surface area contributed by atoms with Crippen molar-refractivity contribution in [2.24, 2.45) is 5.41 Å². The molecular weight excluding hydrogens is 91.0 g/mol. The van der Waals surface area contributed by atoms with Gasteiger partial charge in [0.05, 0.1) is 0 Å². The molecule has 0 amide bonds. The third-order valence-corrected chi connectivity index (χ3v) is 1.65. The molecule has 0 N–H and O–H groups in total. The van der Waals surface area contributed by atoms with Gasteiger partial charge in [0, 0.05) is 0 Å². The molecule has 1 heteroatoms. The Hall–Kier alpha value is 0.337. The molecule has 0 fully saturated rings. The van der Waals surface area contributed by atoms with Crippen LogP contribution < -0.4 is 0 Å². The van der Waals surface area contributed by atoms with Gasteiger partial charge in [0.1, 0.15) is 0 Å². The number of allylic oxidation sites excluding steroid dienone is 1. The fraction of sp³-hybridized carbons (Fsp3) is 0.714. The molecule has 0 aliphatic rings. The zero-order chi connectivity index (χ0) is 6.62. The van der Waals surface area contributed by atoms with E-state index in [1.807, 2.05) is 6.08 Å². The molecule has 0 aromatic carbocycles. The Labute approximate surface area is 61.6 Å². The van der Waals surface area contributed by atoms with Crippen molar-refractivity contribution in [3.8, 4) is 0 Å². The Bertz CT molecular complexity index is 74.5. The van der Waals surface area contributed by atoms with Gasteiger partial charge in [-0.15, -0.1) is 0 Å². The van der Waals surface area contributed by atoms with Crippen LogP contribution in [0.4, 0.5) is 0 Å². The molecule has 0 saturated heterocycles. The van der Waals surface area contributed by atoms with E-state index in [-0.39, 0.29) is 0 Å². The standard InChI is InChI=1S/C7H13.Li/c1-5-6-7(2,3)4;/h5H,1-2,6H2,3-4H3;. The maximum absolute atomic E-state index is 3.69. The molecule has 0 heterocycles. The zero-order valence-electron chi connectivity index (χ0n) is 6.20. The second-order valence-electron chi connectivity index (χ2n) is 3.01. The monoisotopic (exact) mass is 104 g/mol. The third kappa shape index (κ3) is 3.35. The van der Waals surface area contributed by atoms with Crippen molar-refractivity contribution in [1.82, 2.24) is 0 Å². The van der Waals surface area contributed by atoms with Crippen LogP contribution in [0.25, 0.3) is 0 Å². The van der Waals surface area contributed by atoms with E-state index in [1.165, 1.54) is 5.09 Å².